The molecule has 1 fully saturated rings. The second kappa shape index (κ2) is 7.17. The maximum absolute atomic E-state index is 12.7. The topological polar surface area (TPSA) is 58.2 Å². The first-order valence-corrected chi connectivity index (χ1v) is 9.19. The van der Waals surface area contributed by atoms with Gasteiger partial charge in [0.05, 0.1) is 22.1 Å². The Hall–Kier alpha value is -2.24. The zero-order valence-electron chi connectivity index (χ0n) is 13.9. The molecule has 1 aromatic heterocycles. The monoisotopic (exact) mass is 389 g/mol. The summed E-state index contributed by atoms with van der Waals surface area (Å²) < 4.78 is 5.60. The van der Waals surface area contributed by atoms with E-state index < -0.39 is 0 Å². The van der Waals surface area contributed by atoms with Crippen molar-refractivity contribution in [3.05, 3.63) is 58.3 Å². The van der Waals surface area contributed by atoms with E-state index in [1.165, 1.54) is 0 Å². The molecule has 1 N–H and O–H groups in total. The zero-order chi connectivity index (χ0) is 18.1. The predicted molar refractivity (Wildman–Crippen MR) is 102 cm³/mol. The van der Waals surface area contributed by atoms with Crippen LogP contribution < -0.4 is 4.74 Å². The molecule has 1 aliphatic rings. The molecule has 4 rings (SSSR count). The minimum atomic E-state index is -0.0935. The molecule has 1 aliphatic heterocycles. The van der Waals surface area contributed by atoms with Gasteiger partial charge in [0.1, 0.15) is 11.6 Å². The lowest BCUT2D eigenvalue weighted by Gasteiger charge is -2.23. The maximum Gasteiger partial charge on any atom is 0.261 e. The van der Waals surface area contributed by atoms with Crippen LogP contribution in [0.1, 0.15) is 24.7 Å². The molecule has 0 spiro atoms. The molecule has 1 unspecified atom stereocenters. The summed E-state index contributed by atoms with van der Waals surface area (Å²) in [6, 6.07) is 12.7. The lowest BCUT2D eigenvalue weighted by Crippen LogP contribution is -2.34. The Balaban J connectivity index is 1.49. The average Bonchev–Trinajstić information content (AvgIpc) is 3.28. The van der Waals surface area contributed by atoms with Crippen LogP contribution in [-0.4, -0.2) is 33.9 Å². The zero-order valence-corrected chi connectivity index (χ0v) is 15.4. The number of ether oxygens (including phenoxy) is 1. The van der Waals surface area contributed by atoms with Crippen molar-refractivity contribution in [2.75, 3.05) is 13.2 Å². The lowest BCUT2D eigenvalue weighted by atomic mass is 10.2. The van der Waals surface area contributed by atoms with E-state index in [0.717, 1.165) is 29.7 Å². The van der Waals surface area contributed by atoms with Gasteiger partial charge < -0.3 is 14.6 Å². The number of halogens is 2. The normalized spacial score (nSPS) is 17.0. The summed E-state index contributed by atoms with van der Waals surface area (Å²) in [5.74, 6) is 1.13. The summed E-state index contributed by atoms with van der Waals surface area (Å²) in [5, 5.41) is 0.940. The highest BCUT2D eigenvalue weighted by molar-refractivity contribution is 6.34. The van der Waals surface area contributed by atoms with Gasteiger partial charge >= 0.3 is 0 Å². The fraction of sp³-hybridized carbons (Fsp3) is 0.263. The molecule has 0 radical (unpaired) electrons. The van der Waals surface area contributed by atoms with Gasteiger partial charge in [-0.25, -0.2) is 4.98 Å². The number of hydrogen-bond donors (Lipinski definition) is 1. The predicted octanol–water partition coefficient (Wildman–Crippen LogP) is 4.61. The molecule has 5 nitrogen and oxygen atoms in total. The molecular weight excluding hydrogens is 373 g/mol. The van der Waals surface area contributed by atoms with Crippen LogP contribution in [-0.2, 0) is 4.79 Å². The Bertz CT molecular complexity index is 924. The van der Waals surface area contributed by atoms with Crippen molar-refractivity contribution < 1.29 is 9.53 Å². The Morgan fingerprint density at radius 2 is 2.12 bits per heavy atom. The maximum atomic E-state index is 12.7. The molecule has 7 heteroatoms. The lowest BCUT2D eigenvalue weighted by molar-refractivity contribution is -0.134. The van der Waals surface area contributed by atoms with Crippen LogP contribution in [0.5, 0.6) is 5.75 Å². The first-order valence-electron chi connectivity index (χ1n) is 8.44. The number of carbonyl (C=O) groups excluding carboxylic acids is 1. The summed E-state index contributed by atoms with van der Waals surface area (Å²) in [5.41, 5.74) is 1.88. The highest BCUT2D eigenvalue weighted by Crippen LogP contribution is 2.32. The number of benzene rings is 2. The van der Waals surface area contributed by atoms with Gasteiger partial charge in [0, 0.05) is 17.6 Å². The smallest absolute Gasteiger partial charge is 0.261 e. The van der Waals surface area contributed by atoms with Crippen molar-refractivity contribution in [3.63, 3.8) is 0 Å². The van der Waals surface area contributed by atoms with Crippen LogP contribution in [0.2, 0.25) is 10.0 Å². The fourth-order valence-corrected chi connectivity index (χ4v) is 3.62. The molecule has 1 amide bonds. The van der Waals surface area contributed by atoms with Crippen molar-refractivity contribution in [2.45, 2.75) is 18.9 Å². The molecule has 3 aromatic rings. The van der Waals surface area contributed by atoms with Gasteiger partial charge in [-0.1, -0.05) is 35.3 Å². The Morgan fingerprint density at radius 3 is 2.96 bits per heavy atom. The number of aromatic nitrogens is 2. The number of imidazole rings is 1. The Morgan fingerprint density at radius 1 is 1.27 bits per heavy atom. The van der Waals surface area contributed by atoms with E-state index in [4.69, 9.17) is 27.9 Å². The van der Waals surface area contributed by atoms with Gasteiger partial charge in [-0.15, -0.1) is 0 Å². The highest BCUT2D eigenvalue weighted by Gasteiger charge is 2.32. The third-order valence-corrected chi connectivity index (χ3v) is 5.09. The minimum Gasteiger partial charge on any atom is -0.482 e. The Labute approximate surface area is 160 Å². The number of likely N-dealkylation sites (tertiary alicyclic amines) is 1. The second-order valence-corrected chi connectivity index (χ2v) is 7.09. The van der Waals surface area contributed by atoms with Crippen LogP contribution in [0, 0.1) is 0 Å². The fourth-order valence-electron chi connectivity index (χ4n) is 3.29. The van der Waals surface area contributed by atoms with E-state index in [2.05, 4.69) is 9.97 Å². The van der Waals surface area contributed by atoms with Crippen LogP contribution >= 0.6 is 23.2 Å². The number of fused-ring (bicyclic) bond motifs is 1. The van der Waals surface area contributed by atoms with E-state index in [1.807, 2.05) is 29.2 Å². The summed E-state index contributed by atoms with van der Waals surface area (Å²) in [4.78, 5) is 22.5. The number of hydrogen-bond acceptors (Lipinski definition) is 3. The average molecular weight is 390 g/mol. The van der Waals surface area contributed by atoms with Gasteiger partial charge in [0.15, 0.2) is 6.61 Å². The molecular formula is C19H17Cl2N3O2. The number of carbonyl (C=O) groups is 1. The number of H-pyrrole nitrogens is 1. The molecule has 0 bridgehead atoms. The standard InChI is InChI=1S/C19H17Cl2N3O2/c20-12-7-8-13(21)17(10-12)26-11-18(25)24-9-3-6-16(24)19-22-14-4-1-2-5-15(14)23-19/h1-2,4-5,7-8,10,16H,3,6,9,11H2,(H,22,23). The number of para-hydroxylation sites is 2. The number of aromatic amines is 1. The molecule has 1 saturated heterocycles. The second-order valence-electron chi connectivity index (χ2n) is 6.25. The number of nitrogens with one attached hydrogen (secondary N) is 1. The quantitative estimate of drug-likeness (QED) is 0.708. The first kappa shape index (κ1) is 17.2. The first-order chi connectivity index (χ1) is 12.6. The molecule has 2 aromatic carbocycles. The summed E-state index contributed by atoms with van der Waals surface area (Å²) >= 11 is 12.0. The van der Waals surface area contributed by atoms with Crippen LogP contribution in [0.15, 0.2) is 42.5 Å². The van der Waals surface area contributed by atoms with Gasteiger partial charge in [-0.3, -0.25) is 4.79 Å². The molecule has 0 saturated carbocycles. The molecule has 26 heavy (non-hydrogen) atoms. The number of rotatable bonds is 4. The number of nitrogens with zero attached hydrogens (tertiary/aromatic N) is 2. The van der Waals surface area contributed by atoms with Crippen molar-refractivity contribution in [2.24, 2.45) is 0 Å². The Kier molecular flexibility index (Phi) is 4.74. The largest absolute Gasteiger partial charge is 0.482 e. The van der Waals surface area contributed by atoms with Gasteiger partial charge in [0.2, 0.25) is 0 Å². The molecule has 1 atom stereocenters. The van der Waals surface area contributed by atoms with Gasteiger partial charge in [0.25, 0.3) is 5.91 Å². The van der Waals surface area contributed by atoms with E-state index in [0.29, 0.717) is 22.3 Å². The van der Waals surface area contributed by atoms with E-state index >= 15 is 0 Å². The number of amides is 1. The molecule has 2 heterocycles. The third kappa shape index (κ3) is 3.37. The summed E-state index contributed by atoms with van der Waals surface area (Å²) in [6.07, 6.45) is 1.81. The van der Waals surface area contributed by atoms with Gasteiger partial charge in [-0.05, 0) is 37.1 Å². The van der Waals surface area contributed by atoms with Crippen molar-refractivity contribution in [1.82, 2.24) is 14.9 Å². The van der Waals surface area contributed by atoms with Gasteiger partial charge in [-0.2, -0.15) is 0 Å². The van der Waals surface area contributed by atoms with Crippen molar-refractivity contribution in [1.29, 1.82) is 0 Å². The highest BCUT2D eigenvalue weighted by atomic mass is 35.5. The van der Waals surface area contributed by atoms with Crippen LogP contribution in [0.25, 0.3) is 11.0 Å². The van der Waals surface area contributed by atoms with E-state index in [1.54, 1.807) is 18.2 Å². The minimum absolute atomic E-state index is 0.0617. The van der Waals surface area contributed by atoms with Crippen LogP contribution in [0.4, 0.5) is 0 Å². The van der Waals surface area contributed by atoms with Crippen LogP contribution in [0.3, 0.4) is 0 Å². The third-order valence-electron chi connectivity index (χ3n) is 4.54. The SMILES string of the molecule is O=C(COc1cc(Cl)ccc1Cl)N1CCCC1c1nc2ccccc2[nH]1. The molecule has 0 aliphatic carbocycles. The summed E-state index contributed by atoms with van der Waals surface area (Å²) in [7, 11) is 0. The van der Waals surface area contributed by atoms with Crippen molar-refractivity contribution in [3.8, 4) is 5.75 Å². The van der Waals surface area contributed by atoms with E-state index in [-0.39, 0.29) is 18.6 Å². The summed E-state index contributed by atoms with van der Waals surface area (Å²) in [6.45, 7) is 0.601. The van der Waals surface area contributed by atoms with E-state index in [9.17, 15) is 4.79 Å². The van der Waals surface area contributed by atoms with Crippen molar-refractivity contribution >= 4 is 40.1 Å². The molecule has 134 valence electrons.